The Balaban J connectivity index is 2.06. The molecule has 1 unspecified atom stereocenters. The maximum Gasteiger partial charge on any atom is 0.127 e. The van der Waals surface area contributed by atoms with E-state index < -0.39 is 0 Å². The summed E-state index contributed by atoms with van der Waals surface area (Å²) in [5.74, 6) is 2.51. The average Bonchev–Trinajstić information content (AvgIpc) is 2.76. The second-order valence-corrected chi connectivity index (χ2v) is 9.40. The lowest BCUT2D eigenvalue weighted by Crippen LogP contribution is -2.41. The summed E-state index contributed by atoms with van der Waals surface area (Å²) in [6.07, 6.45) is 7.79. The maximum atomic E-state index is 6.25. The number of ether oxygens (including phenoxy) is 1. The highest BCUT2D eigenvalue weighted by Crippen LogP contribution is 2.39. The SMILES string of the molecule is CCCC(c1cnc(-c2c(CC)cccc2CC)cc1OCC)N1C[C@@H](C)C[C@H](C)C1. The van der Waals surface area contributed by atoms with E-state index in [0.717, 1.165) is 49.0 Å². The van der Waals surface area contributed by atoms with E-state index >= 15 is 0 Å². The Morgan fingerprint density at radius 2 is 1.68 bits per heavy atom. The van der Waals surface area contributed by atoms with Crippen LogP contribution in [0.15, 0.2) is 30.5 Å². The lowest BCUT2D eigenvalue weighted by Gasteiger charge is -2.40. The number of pyridine rings is 1. The fourth-order valence-corrected chi connectivity index (χ4v) is 5.46. The monoisotopic (exact) mass is 422 g/mol. The van der Waals surface area contributed by atoms with Crippen molar-refractivity contribution in [2.75, 3.05) is 19.7 Å². The number of piperidine rings is 1. The summed E-state index contributed by atoms with van der Waals surface area (Å²) in [7, 11) is 0. The number of aromatic nitrogens is 1. The molecule has 0 spiro atoms. The van der Waals surface area contributed by atoms with Crippen LogP contribution in [-0.2, 0) is 12.8 Å². The summed E-state index contributed by atoms with van der Waals surface area (Å²) in [6.45, 7) is 16.6. The third-order valence-corrected chi connectivity index (χ3v) is 6.71. The smallest absolute Gasteiger partial charge is 0.127 e. The van der Waals surface area contributed by atoms with Gasteiger partial charge in [-0.3, -0.25) is 9.88 Å². The molecule has 3 nitrogen and oxygen atoms in total. The zero-order valence-electron chi connectivity index (χ0n) is 20.6. The fraction of sp³-hybridized carbons (Fsp3) is 0.607. The van der Waals surface area contributed by atoms with Crippen molar-refractivity contribution in [2.45, 2.75) is 79.7 Å². The predicted molar refractivity (Wildman–Crippen MR) is 132 cm³/mol. The molecular weight excluding hydrogens is 380 g/mol. The first-order chi connectivity index (χ1) is 15.0. The number of aryl methyl sites for hydroxylation is 2. The molecule has 1 aromatic carbocycles. The quantitative estimate of drug-likeness (QED) is 0.431. The van der Waals surface area contributed by atoms with Crippen molar-refractivity contribution in [3.05, 3.63) is 47.2 Å². The number of likely N-dealkylation sites (tertiary alicyclic amines) is 1. The zero-order valence-corrected chi connectivity index (χ0v) is 20.6. The van der Waals surface area contributed by atoms with E-state index in [1.807, 2.05) is 0 Å². The molecule has 0 saturated carbocycles. The lowest BCUT2D eigenvalue weighted by molar-refractivity contribution is 0.0882. The molecule has 31 heavy (non-hydrogen) atoms. The first kappa shape index (κ1) is 23.8. The molecule has 2 heterocycles. The van der Waals surface area contributed by atoms with Crippen LogP contribution in [0.5, 0.6) is 5.75 Å². The highest BCUT2D eigenvalue weighted by Gasteiger charge is 2.30. The Hall–Kier alpha value is -1.87. The summed E-state index contributed by atoms with van der Waals surface area (Å²) in [6, 6.07) is 9.24. The number of benzene rings is 1. The summed E-state index contributed by atoms with van der Waals surface area (Å²) in [5.41, 5.74) is 6.35. The largest absolute Gasteiger partial charge is 0.493 e. The molecule has 170 valence electrons. The number of hydrogen-bond donors (Lipinski definition) is 0. The van der Waals surface area contributed by atoms with Crippen LogP contribution < -0.4 is 4.74 Å². The molecule has 2 aromatic rings. The van der Waals surface area contributed by atoms with Crippen LogP contribution in [0.3, 0.4) is 0 Å². The number of rotatable bonds is 9. The van der Waals surface area contributed by atoms with E-state index in [1.165, 1.54) is 41.8 Å². The number of hydrogen-bond acceptors (Lipinski definition) is 3. The van der Waals surface area contributed by atoms with E-state index in [9.17, 15) is 0 Å². The Labute approximate surface area is 190 Å². The molecule has 1 aromatic heterocycles. The van der Waals surface area contributed by atoms with Crippen molar-refractivity contribution in [1.29, 1.82) is 0 Å². The fourth-order valence-electron chi connectivity index (χ4n) is 5.46. The van der Waals surface area contributed by atoms with Crippen molar-refractivity contribution in [3.63, 3.8) is 0 Å². The van der Waals surface area contributed by atoms with Crippen molar-refractivity contribution >= 4 is 0 Å². The Bertz CT molecular complexity index is 815. The molecule has 1 aliphatic rings. The van der Waals surface area contributed by atoms with E-state index in [-0.39, 0.29) is 0 Å². The van der Waals surface area contributed by atoms with E-state index in [4.69, 9.17) is 9.72 Å². The minimum atomic E-state index is 0.380. The van der Waals surface area contributed by atoms with Gasteiger partial charge in [0, 0.05) is 42.5 Å². The van der Waals surface area contributed by atoms with Crippen molar-refractivity contribution in [2.24, 2.45) is 11.8 Å². The van der Waals surface area contributed by atoms with Gasteiger partial charge in [0.25, 0.3) is 0 Å². The lowest BCUT2D eigenvalue weighted by atomic mass is 9.88. The van der Waals surface area contributed by atoms with Crippen molar-refractivity contribution in [1.82, 2.24) is 9.88 Å². The summed E-state index contributed by atoms with van der Waals surface area (Å²) in [5, 5.41) is 0. The van der Waals surface area contributed by atoms with Crippen LogP contribution in [0.4, 0.5) is 0 Å². The van der Waals surface area contributed by atoms with Crippen LogP contribution in [0.2, 0.25) is 0 Å². The molecule has 0 aliphatic carbocycles. The molecule has 3 heteroatoms. The standard InChI is InChI=1S/C28H42N2O/c1-7-12-26(30-18-20(5)15-21(6)19-30)24-17-29-25(16-27(24)31-10-4)28-22(8-2)13-11-14-23(28)9-3/h11,13-14,16-17,20-21,26H,7-10,12,15,18-19H2,1-6H3/t20-,21-,26?/m0/s1. The molecule has 1 fully saturated rings. The molecule has 0 amide bonds. The van der Waals surface area contributed by atoms with Gasteiger partial charge >= 0.3 is 0 Å². The van der Waals surface area contributed by atoms with Crippen LogP contribution in [0.25, 0.3) is 11.3 Å². The molecule has 0 bridgehead atoms. The molecular formula is C28H42N2O. The normalized spacial score (nSPS) is 20.6. The third-order valence-electron chi connectivity index (χ3n) is 6.71. The topological polar surface area (TPSA) is 25.4 Å². The van der Waals surface area contributed by atoms with Gasteiger partial charge in [-0.25, -0.2) is 0 Å². The minimum Gasteiger partial charge on any atom is -0.493 e. The van der Waals surface area contributed by atoms with E-state index in [0.29, 0.717) is 12.6 Å². The van der Waals surface area contributed by atoms with Gasteiger partial charge in [0.1, 0.15) is 5.75 Å². The minimum absolute atomic E-state index is 0.380. The molecule has 1 saturated heterocycles. The van der Waals surface area contributed by atoms with Gasteiger partial charge < -0.3 is 4.74 Å². The van der Waals surface area contributed by atoms with Gasteiger partial charge in [-0.15, -0.1) is 0 Å². The highest BCUT2D eigenvalue weighted by molar-refractivity contribution is 5.69. The third kappa shape index (κ3) is 5.49. The Morgan fingerprint density at radius 3 is 2.23 bits per heavy atom. The zero-order chi connectivity index (χ0) is 22.4. The average molecular weight is 423 g/mol. The Kier molecular flexibility index (Phi) is 8.54. The van der Waals surface area contributed by atoms with E-state index in [1.54, 1.807) is 0 Å². The van der Waals surface area contributed by atoms with Crippen LogP contribution in [-0.4, -0.2) is 29.6 Å². The van der Waals surface area contributed by atoms with Gasteiger partial charge in [0.15, 0.2) is 0 Å². The van der Waals surface area contributed by atoms with Crippen LogP contribution >= 0.6 is 0 Å². The summed E-state index contributed by atoms with van der Waals surface area (Å²) in [4.78, 5) is 7.73. The Morgan fingerprint density at radius 1 is 1.03 bits per heavy atom. The summed E-state index contributed by atoms with van der Waals surface area (Å²) < 4.78 is 6.25. The highest BCUT2D eigenvalue weighted by atomic mass is 16.5. The van der Waals surface area contributed by atoms with E-state index in [2.05, 4.69) is 76.9 Å². The van der Waals surface area contributed by atoms with Gasteiger partial charge in [0.2, 0.25) is 0 Å². The maximum absolute atomic E-state index is 6.25. The van der Waals surface area contributed by atoms with Crippen molar-refractivity contribution in [3.8, 4) is 17.0 Å². The summed E-state index contributed by atoms with van der Waals surface area (Å²) >= 11 is 0. The second-order valence-electron chi connectivity index (χ2n) is 9.40. The van der Waals surface area contributed by atoms with Gasteiger partial charge in [-0.1, -0.05) is 59.2 Å². The van der Waals surface area contributed by atoms with Gasteiger partial charge in [-0.2, -0.15) is 0 Å². The number of nitrogens with zero attached hydrogens (tertiary/aromatic N) is 2. The molecule has 3 rings (SSSR count). The first-order valence-corrected chi connectivity index (χ1v) is 12.5. The molecule has 0 N–H and O–H groups in total. The molecule has 1 aliphatic heterocycles. The van der Waals surface area contributed by atoms with Gasteiger partial charge in [0.05, 0.1) is 12.3 Å². The predicted octanol–water partition coefficient (Wildman–Crippen LogP) is 7.09. The van der Waals surface area contributed by atoms with Gasteiger partial charge in [-0.05, 0) is 55.6 Å². The first-order valence-electron chi connectivity index (χ1n) is 12.5. The second kappa shape index (κ2) is 11.1. The van der Waals surface area contributed by atoms with Crippen LogP contribution in [0.1, 0.15) is 83.5 Å². The molecule has 3 atom stereocenters. The van der Waals surface area contributed by atoms with Crippen molar-refractivity contribution < 1.29 is 4.74 Å². The molecule has 0 radical (unpaired) electrons. The van der Waals surface area contributed by atoms with Crippen LogP contribution in [0, 0.1) is 11.8 Å².